The van der Waals surface area contributed by atoms with Crippen molar-refractivity contribution in [1.29, 1.82) is 5.26 Å². The average Bonchev–Trinajstić information content (AvgIpc) is 3.54. The van der Waals surface area contributed by atoms with Gasteiger partial charge < -0.3 is 9.84 Å². The van der Waals surface area contributed by atoms with Crippen LogP contribution in [0.1, 0.15) is 29.7 Å². The molecule has 1 amide bonds. The number of anilines is 1. The first-order valence-electron chi connectivity index (χ1n) is 10.7. The minimum absolute atomic E-state index is 0.0438. The lowest BCUT2D eigenvalue weighted by Gasteiger charge is -2.40. The maximum absolute atomic E-state index is 13.9. The molecule has 0 spiro atoms. The number of nitrogens with zero attached hydrogens (tertiary/aromatic N) is 3. The fraction of sp³-hybridized carbons (Fsp3) is 0.182. The molecule has 1 aliphatic carbocycles. The zero-order valence-electron chi connectivity index (χ0n) is 19.3. The van der Waals surface area contributed by atoms with Crippen molar-refractivity contribution >= 4 is 51.3 Å². The second-order valence-corrected chi connectivity index (χ2v) is 11.8. The number of aliphatic carboxylic acids is 1. The molecule has 1 aliphatic rings. The standard InChI is InChI=1S/C22H13Cl2F7N4O4S/c23-13-6-12(40(27,28,29,30)31)7-14(24)18(13)35-19(17(16(8-32)34-35)22(3-4-22)20(36)37)33-21(38)39-9-10-1-2-11(25)5-15(10)26/h1-2,5-7H,3-4,9H2,(H,33,38)(H,36,37). The van der Waals surface area contributed by atoms with E-state index in [9.17, 15) is 48.2 Å². The van der Waals surface area contributed by atoms with Crippen LogP contribution in [0.25, 0.3) is 5.69 Å². The van der Waals surface area contributed by atoms with E-state index in [1.807, 2.05) is 0 Å². The number of ether oxygens (including phenoxy) is 1. The first kappa shape index (κ1) is 29.3. The summed E-state index contributed by atoms with van der Waals surface area (Å²) in [5.41, 5.74) is -3.74. The van der Waals surface area contributed by atoms with Crippen LogP contribution in [0.3, 0.4) is 0 Å². The van der Waals surface area contributed by atoms with E-state index in [2.05, 4.69) is 10.4 Å². The largest absolute Gasteiger partial charge is 0.481 e. The van der Waals surface area contributed by atoms with E-state index >= 15 is 0 Å². The summed E-state index contributed by atoms with van der Waals surface area (Å²) < 4.78 is 99.3. The van der Waals surface area contributed by atoms with Crippen LogP contribution >= 0.6 is 33.4 Å². The number of carboxylic acid groups (broad SMARTS) is 1. The van der Waals surface area contributed by atoms with E-state index in [0.29, 0.717) is 10.7 Å². The first-order valence-corrected chi connectivity index (χ1v) is 13.4. The Morgan fingerprint density at radius 2 is 1.73 bits per heavy atom. The molecular weight excluding hydrogens is 620 g/mol. The molecule has 8 nitrogen and oxygen atoms in total. The second kappa shape index (κ2) is 8.91. The minimum atomic E-state index is -10.3. The second-order valence-electron chi connectivity index (χ2n) is 8.62. The Bertz CT molecular complexity index is 1620. The van der Waals surface area contributed by atoms with Crippen LogP contribution in [0.2, 0.25) is 10.0 Å². The lowest BCUT2D eigenvalue weighted by atomic mass is 9.95. The zero-order chi connectivity index (χ0) is 29.9. The van der Waals surface area contributed by atoms with Gasteiger partial charge in [0.15, 0.2) is 5.69 Å². The van der Waals surface area contributed by atoms with Gasteiger partial charge in [0.25, 0.3) is 0 Å². The molecule has 0 saturated heterocycles. The van der Waals surface area contributed by atoms with Gasteiger partial charge in [0.05, 0.1) is 21.0 Å². The number of benzene rings is 2. The molecule has 1 heterocycles. The van der Waals surface area contributed by atoms with Crippen molar-refractivity contribution in [3.05, 3.63) is 68.8 Å². The SMILES string of the molecule is N#Cc1nn(-c2c(Cl)cc(S(F)(F)(F)(F)F)cc2Cl)c(NC(=O)OCc2ccc(F)cc2F)c1C1(C(=O)O)CC1. The van der Waals surface area contributed by atoms with Gasteiger partial charge in [-0.3, -0.25) is 10.1 Å². The number of hydrogen-bond donors (Lipinski definition) is 2. The van der Waals surface area contributed by atoms with Gasteiger partial charge in [-0.15, -0.1) is 0 Å². The van der Waals surface area contributed by atoms with Gasteiger partial charge in [0.2, 0.25) is 0 Å². The van der Waals surface area contributed by atoms with E-state index in [0.717, 1.165) is 12.1 Å². The van der Waals surface area contributed by atoms with Crippen LogP contribution in [0.15, 0.2) is 35.2 Å². The number of carbonyl (C=O) groups is 2. The van der Waals surface area contributed by atoms with E-state index in [1.165, 1.54) is 0 Å². The molecule has 0 bridgehead atoms. The highest BCUT2D eigenvalue weighted by Gasteiger charge is 2.66. The highest BCUT2D eigenvalue weighted by Crippen LogP contribution is 3.02. The Labute approximate surface area is 229 Å². The summed E-state index contributed by atoms with van der Waals surface area (Å²) in [4.78, 5) is 22.3. The molecule has 0 aliphatic heterocycles. The van der Waals surface area contributed by atoms with Crippen molar-refractivity contribution in [3.63, 3.8) is 0 Å². The molecule has 4 rings (SSSR count). The van der Waals surface area contributed by atoms with Crippen molar-refractivity contribution in [3.8, 4) is 11.8 Å². The molecule has 1 saturated carbocycles. The maximum Gasteiger partial charge on any atom is 0.413 e. The van der Waals surface area contributed by atoms with E-state index < -0.39 is 83.6 Å². The molecule has 0 atom stereocenters. The normalized spacial score (nSPS) is 15.9. The fourth-order valence-corrected chi connectivity index (χ4v) is 5.26. The number of nitrogens with one attached hydrogen (secondary N) is 1. The number of hydrogen-bond acceptors (Lipinski definition) is 5. The first-order chi connectivity index (χ1) is 18.3. The van der Waals surface area contributed by atoms with Crippen LogP contribution in [-0.4, -0.2) is 26.9 Å². The Balaban J connectivity index is 1.83. The number of carbonyl (C=O) groups excluding carboxylic acids is 1. The minimum Gasteiger partial charge on any atom is -0.481 e. The van der Waals surface area contributed by atoms with Crippen molar-refractivity contribution in [2.24, 2.45) is 0 Å². The van der Waals surface area contributed by atoms with Gasteiger partial charge in [-0.1, -0.05) is 42.6 Å². The Morgan fingerprint density at radius 3 is 2.20 bits per heavy atom. The number of rotatable bonds is 7. The molecule has 1 aromatic heterocycles. The number of aromatic nitrogens is 2. The van der Waals surface area contributed by atoms with Crippen LogP contribution in [0, 0.1) is 23.0 Å². The molecule has 214 valence electrons. The summed E-state index contributed by atoms with van der Waals surface area (Å²) in [6.45, 7) is -0.753. The van der Waals surface area contributed by atoms with Crippen LogP contribution < -0.4 is 5.32 Å². The molecule has 40 heavy (non-hydrogen) atoms. The van der Waals surface area contributed by atoms with Crippen molar-refractivity contribution in [2.75, 3.05) is 5.32 Å². The van der Waals surface area contributed by atoms with Gasteiger partial charge in [0, 0.05) is 11.6 Å². The third-order valence-electron chi connectivity index (χ3n) is 5.87. The predicted molar refractivity (Wildman–Crippen MR) is 128 cm³/mol. The molecule has 2 N–H and O–H groups in total. The summed E-state index contributed by atoms with van der Waals surface area (Å²) in [6, 6.07) is 3.71. The summed E-state index contributed by atoms with van der Waals surface area (Å²) in [5.74, 6) is -4.04. The zero-order valence-corrected chi connectivity index (χ0v) is 21.7. The number of carboxylic acids is 1. The number of nitriles is 1. The summed E-state index contributed by atoms with van der Waals surface area (Å²) in [7, 11) is -10.3. The van der Waals surface area contributed by atoms with Crippen molar-refractivity contribution in [1.82, 2.24) is 9.78 Å². The predicted octanol–water partition coefficient (Wildman–Crippen LogP) is 7.85. The lowest BCUT2D eigenvalue weighted by molar-refractivity contribution is -0.140. The lowest BCUT2D eigenvalue weighted by Crippen LogP contribution is -2.24. The highest BCUT2D eigenvalue weighted by molar-refractivity contribution is 8.45. The van der Waals surface area contributed by atoms with E-state index in [-0.39, 0.29) is 30.5 Å². The van der Waals surface area contributed by atoms with E-state index in [4.69, 9.17) is 27.9 Å². The molecule has 2 aromatic carbocycles. The number of halogens is 9. The van der Waals surface area contributed by atoms with Crippen molar-refractivity contribution in [2.45, 2.75) is 29.8 Å². The summed E-state index contributed by atoms with van der Waals surface area (Å²) >= 11 is 11.8. The molecule has 0 unspecified atom stereocenters. The topological polar surface area (TPSA) is 117 Å². The molecule has 18 heteroatoms. The molecular formula is C22H13Cl2F7N4O4S. The van der Waals surface area contributed by atoms with Crippen LogP contribution in [0.4, 0.5) is 38.8 Å². The third kappa shape index (κ3) is 5.49. The molecule has 1 fully saturated rings. The average molecular weight is 633 g/mol. The van der Waals surface area contributed by atoms with E-state index in [1.54, 1.807) is 6.07 Å². The molecule has 0 radical (unpaired) electrons. The van der Waals surface area contributed by atoms with Crippen LogP contribution in [0.5, 0.6) is 0 Å². The summed E-state index contributed by atoms with van der Waals surface area (Å²) in [6.07, 6.45) is -1.48. The smallest absolute Gasteiger partial charge is 0.413 e. The fourth-order valence-electron chi connectivity index (χ4n) is 3.80. The molecule has 3 aromatic rings. The van der Waals surface area contributed by atoms with Crippen LogP contribution in [-0.2, 0) is 21.6 Å². The highest BCUT2D eigenvalue weighted by atomic mass is 35.5. The van der Waals surface area contributed by atoms with Gasteiger partial charge in [-0.2, -0.15) is 10.4 Å². The van der Waals surface area contributed by atoms with Gasteiger partial charge in [-0.25, -0.2) is 18.3 Å². The number of amides is 1. The Hall–Kier alpha value is -3.68. The summed E-state index contributed by atoms with van der Waals surface area (Å²) in [5, 5.41) is 23.3. The Morgan fingerprint density at radius 1 is 1.12 bits per heavy atom. The monoisotopic (exact) mass is 632 g/mol. The van der Waals surface area contributed by atoms with Gasteiger partial charge in [-0.05, 0) is 37.1 Å². The third-order valence-corrected chi connectivity index (χ3v) is 7.57. The maximum atomic E-state index is 13.9. The van der Waals surface area contributed by atoms with Gasteiger partial charge >= 0.3 is 22.3 Å². The van der Waals surface area contributed by atoms with Gasteiger partial charge in [0.1, 0.15) is 40.7 Å². The Kier molecular flexibility index (Phi) is 6.53. The quantitative estimate of drug-likeness (QED) is 0.256. The van der Waals surface area contributed by atoms with Crippen molar-refractivity contribution < 1.29 is 47.6 Å².